The van der Waals surface area contributed by atoms with E-state index in [-0.39, 0.29) is 26.0 Å². The Hall–Kier alpha value is -4.95. The normalized spacial score (nSPS) is 12.1. The molecule has 0 saturated carbocycles. The Balaban J connectivity index is 1.52. The molecular formula is C37H40N2O6. The second kappa shape index (κ2) is 15.7. The van der Waals surface area contributed by atoms with Crippen LogP contribution in [0.5, 0.6) is 5.75 Å². The summed E-state index contributed by atoms with van der Waals surface area (Å²) in [4.78, 5) is 45.9. The summed E-state index contributed by atoms with van der Waals surface area (Å²) in [7, 11) is 0. The standard InChI is InChI=1S/C37H40N2O6/c1-36(2,3)44-34(41)27-28(35(42)38-24-25-43-32-22-14-7-15-23-32)26-33(40)39-45-37(29-16-8-4-9-17-29,30-18-10-5-11-19-30)31-20-12-6-13-21-31/h4-23,28H,24-27H2,1-3H3,(H,38,42)(H,39,40). The molecule has 8 heteroatoms. The van der Waals surface area contributed by atoms with Crippen LogP contribution in [-0.4, -0.2) is 36.5 Å². The van der Waals surface area contributed by atoms with Crippen molar-refractivity contribution in [3.8, 4) is 5.75 Å². The Morgan fingerprint density at radius 1 is 0.667 bits per heavy atom. The predicted octanol–water partition coefficient (Wildman–Crippen LogP) is 5.96. The molecule has 0 fully saturated rings. The molecule has 2 amide bonds. The van der Waals surface area contributed by atoms with Crippen LogP contribution in [0.4, 0.5) is 0 Å². The molecule has 1 unspecified atom stereocenters. The molecule has 0 saturated heterocycles. The molecule has 45 heavy (non-hydrogen) atoms. The number of amides is 2. The predicted molar refractivity (Wildman–Crippen MR) is 172 cm³/mol. The molecule has 4 aromatic carbocycles. The Labute approximate surface area is 264 Å². The maximum Gasteiger partial charge on any atom is 0.307 e. The first-order valence-electron chi connectivity index (χ1n) is 15.0. The van der Waals surface area contributed by atoms with Crippen molar-refractivity contribution in [2.24, 2.45) is 5.92 Å². The minimum Gasteiger partial charge on any atom is -0.492 e. The van der Waals surface area contributed by atoms with Crippen molar-refractivity contribution in [2.75, 3.05) is 13.2 Å². The fourth-order valence-corrected chi connectivity index (χ4v) is 4.94. The lowest BCUT2D eigenvalue weighted by atomic mass is 9.80. The number of rotatable bonds is 14. The number of para-hydroxylation sites is 1. The summed E-state index contributed by atoms with van der Waals surface area (Å²) in [5.74, 6) is -1.93. The van der Waals surface area contributed by atoms with Crippen molar-refractivity contribution in [2.45, 2.75) is 44.8 Å². The lowest BCUT2D eigenvalue weighted by molar-refractivity contribution is -0.158. The monoisotopic (exact) mass is 608 g/mol. The van der Waals surface area contributed by atoms with E-state index < -0.39 is 34.9 Å². The first-order valence-corrected chi connectivity index (χ1v) is 15.0. The van der Waals surface area contributed by atoms with E-state index in [1.165, 1.54) is 0 Å². The summed E-state index contributed by atoms with van der Waals surface area (Å²) in [6, 6.07) is 38.0. The number of nitrogens with one attached hydrogen (secondary N) is 2. The van der Waals surface area contributed by atoms with Gasteiger partial charge in [0.25, 0.3) is 0 Å². The molecule has 0 aromatic heterocycles. The maximum atomic E-state index is 13.5. The van der Waals surface area contributed by atoms with E-state index in [9.17, 15) is 14.4 Å². The van der Waals surface area contributed by atoms with Gasteiger partial charge in [-0.05, 0) is 49.6 Å². The van der Waals surface area contributed by atoms with E-state index in [0.717, 1.165) is 16.7 Å². The van der Waals surface area contributed by atoms with Gasteiger partial charge in [-0.15, -0.1) is 0 Å². The number of hydrogen-bond donors (Lipinski definition) is 2. The topological polar surface area (TPSA) is 103 Å². The molecule has 1 atom stereocenters. The molecule has 234 valence electrons. The van der Waals surface area contributed by atoms with Crippen LogP contribution in [0.15, 0.2) is 121 Å². The largest absolute Gasteiger partial charge is 0.492 e. The molecule has 0 bridgehead atoms. The molecule has 2 N–H and O–H groups in total. The van der Waals surface area contributed by atoms with Crippen LogP contribution in [0, 0.1) is 5.92 Å². The van der Waals surface area contributed by atoms with Gasteiger partial charge in [0.15, 0.2) is 5.60 Å². The molecular weight excluding hydrogens is 568 g/mol. The van der Waals surface area contributed by atoms with Crippen LogP contribution in [-0.2, 0) is 29.6 Å². The highest BCUT2D eigenvalue weighted by molar-refractivity contribution is 5.88. The van der Waals surface area contributed by atoms with Crippen LogP contribution in [0.3, 0.4) is 0 Å². The molecule has 4 aromatic rings. The van der Waals surface area contributed by atoms with Gasteiger partial charge in [0.1, 0.15) is 18.0 Å². The molecule has 0 aliphatic carbocycles. The van der Waals surface area contributed by atoms with Gasteiger partial charge in [0.2, 0.25) is 11.8 Å². The van der Waals surface area contributed by atoms with Gasteiger partial charge in [-0.1, -0.05) is 109 Å². The Bertz CT molecular complexity index is 1410. The highest BCUT2D eigenvalue weighted by atomic mass is 16.7. The van der Waals surface area contributed by atoms with Gasteiger partial charge in [0, 0.05) is 6.42 Å². The molecule has 0 aliphatic rings. The summed E-state index contributed by atoms with van der Waals surface area (Å²) in [6.07, 6.45) is -0.587. The third-order valence-corrected chi connectivity index (χ3v) is 6.91. The van der Waals surface area contributed by atoms with Crippen molar-refractivity contribution >= 4 is 17.8 Å². The molecule has 0 radical (unpaired) electrons. The zero-order valence-electron chi connectivity index (χ0n) is 25.9. The van der Waals surface area contributed by atoms with Gasteiger partial charge in [-0.2, -0.15) is 0 Å². The summed E-state index contributed by atoms with van der Waals surface area (Å²) >= 11 is 0. The Kier molecular flexibility index (Phi) is 11.5. The van der Waals surface area contributed by atoms with Crippen molar-refractivity contribution < 1.29 is 28.7 Å². The smallest absolute Gasteiger partial charge is 0.307 e. The van der Waals surface area contributed by atoms with Crippen LogP contribution in [0.1, 0.15) is 50.3 Å². The van der Waals surface area contributed by atoms with E-state index in [1.54, 1.807) is 20.8 Å². The second-order valence-corrected chi connectivity index (χ2v) is 11.6. The number of hydroxylamine groups is 1. The minimum absolute atomic E-state index is 0.190. The lowest BCUT2D eigenvalue weighted by Crippen LogP contribution is -2.42. The van der Waals surface area contributed by atoms with Crippen molar-refractivity contribution in [3.63, 3.8) is 0 Å². The van der Waals surface area contributed by atoms with Gasteiger partial charge >= 0.3 is 5.97 Å². The lowest BCUT2D eigenvalue weighted by Gasteiger charge is -2.35. The molecule has 0 heterocycles. The highest BCUT2D eigenvalue weighted by Gasteiger charge is 2.39. The van der Waals surface area contributed by atoms with Crippen LogP contribution in [0.25, 0.3) is 0 Å². The fourth-order valence-electron chi connectivity index (χ4n) is 4.94. The Morgan fingerprint density at radius 3 is 1.60 bits per heavy atom. The first kappa shape index (κ1) is 33.0. The molecule has 4 rings (SSSR count). The zero-order chi connectivity index (χ0) is 32.1. The van der Waals surface area contributed by atoms with Gasteiger partial charge in [-0.25, -0.2) is 5.48 Å². The zero-order valence-corrected chi connectivity index (χ0v) is 25.9. The third-order valence-electron chi connectivity index (χ3n) is 6.91. The van der Waals surface area contributed by atoms with E-state index in [4.69, 9.17) is 14.3 Å². The summed E-state index contributed by atoms with van der Waals surface area (Å²) in [5.41, 5.74) is 3.07. The van der Waals surface area contributed by atoms with E-state index in [2.05, 4.69) is 10.8 Å². The van der Waals surface area contributed by atoms with E-state index >= 15 is 0 Å². The first-order chi connectivity index (χ1) is 21.7. The van der Waals surface area contributed by atoms with Crippen molar-refractivity contribution in [1.82, 2.24) is 10.8 Å². The molecule has 8 nitrogen and oxygen atoms in total. The minimum atomic E-state index is -1.20. The number of carbonyl (C=O) groups is 3. The Morgan fingerprint density at radius 2 is 1.13 bits per heavy atom. The number of carbonyl (C=O) groups excluding carboxylic acids is 3. The second-order valence-electron chi connectivity index (χ2n) is 11.6. The summed E-state index contributed by atoms with van der Waals surface area (Å²) in [6.45, 7) is 5.65. The van der Waals surface area contributed by atoms with Crippen LogP contribution < -0.4 is 15.5 Å². The summed E-state index contributed by atoms with van der Waals surface area (Å²) < 4.78 is 11.1. The number of esters is 1. The maximum absolute atomic E-state index is 13.5. The van der Waals surface area contributed by atoms with Gasteiger partial charge in [-0.3, -0.25) is 19.2 Å². The van der Waals surface area contributed by atoms with Crippen LogP contribution >= 0.6 is 0 Å². The average molecular weight is 609 g/mol. The SMILES string of the molecule is CC(C)(C)OC(=O)CC(CC(=O)NOC(c1ccccc1)(c1ccccc1)c1ccccc1)C(=O)NCCOc1ccccc1. The highest BCUT2D eigenvalue weighted by Crippen LogP contribution is 2.39. The van der Waals surface area contributed by atoms with E-state index in [1.807, 2.05) is 121 Å². The average Bonchev–Trinajstić information content (AvgIpc) is 3.04. The van der Waals surface area contributed by atoms with Crippen molar-refractivity contribution in [3.05, 3.63) is 138 Å². The number of benzene rings is 4. The molecule has 0 aliphatic heterocycles. The van der Waals surface area contributed by atoms with E-state index in [0.29, 0.717) is 5.75 Å². The number of ether oxygens (including phenoxy) is 2. The van der Waals surface area contributed by atoms with Gasteiger partial charge < -0.3 is 14.8 Å². The third kappa shape index (κ3) is 9.52. The quantitative estimate of drug-likeness (QED) is 0.0793. The van der Waals surface area contributed by atoms with Gasteiger partial charge in [0.05, 0.1) is 18.9 Å². The summed E-state index contributed by atoms with van der Waals surface area (Å²) in [5, 5.41) is 2.78. The van der Waals surface area contributed by atoms with Crippen LogP contribution in [0.2, 0.25) is 0 Å². The number of hydrogen-bond acceptors (Lipinski definition) is 6. The molecule has 0 spiro atoms. The van der Waals surface area contributed by atoms with Crippen molar-refractivity contribution in [1.29, 1.82) is 0 Å². The fraction of sp³-hybridized carbons (Fsp3) is 0.270.